The van der Waals surface area contributed by atoms with Crippen molar-refractivity contribution in [2.24, 2.45) is 17.4 Å². The number of rotatable bonds is 6. The predicted molar refractivity (Wildman–Crippen MR) is 69.5 cm³/mol. The summed E-state index contributed by atoms with van der Waals surface area (Å²) in [5.41, 5.74) is 11.3. The van der Waals surface area contributed by atoms with Gasteiger partial charge in [0, 0.05) is 15.8 Å². The van der Waals surface area contributed by atoms with Crippen molar-refractivity contribution in [2.75, 3.05) is 6.54 Å². The molecule has 0 fully saturated rings. The van der Waals surface area contributed by atoms with E-state index in [1.807, 2.05) is 6.07 Å². The van der Waals surface area contributed by atoms with Crippen molar-refractivity contribution < 1.29 is 5.11 Å². The van der Waals surface area contributed by atoms with E-state index in [9.17, 15) is 5.11 Å². The highest BCUT2D eigenvalue weighted by Crippen LogP contribution is 2.27. The second-order valence-electron chi connectivity index (χ2n) is 4.59. The monoisotopic (exact) mass is 242 g/mol. The lowest BCUT2D eigenvalue weighted by Gasteiger charge is -2.16. The van der Waals surface area contributed by atoms with Crippen LogP contribution in [0.3, 0.4) is 0 Å². The molecule has 0 aromatic carbocycles. The van der Waals surface area contributed by atoms with Gasteiger partial charge in [-0.05, 0) is 37.4 Å². The van der Waals surface area contributed by atoms with E-state index in [4.69, 9.17) is 11.5 Å². The largest absolute Gasteiger partial charge is 0.386 e. The summed E-state index contributed by atoms with van der Waals surface area (Å²) in [6, 6.07) is 3.80. The summed E-state index contributed by atoms with van der Waals surface area (Å²) in [5.74, 6) is 0.640. The number of thiophene rings is 1. The molecule has 2 unspecified atom stereocenters. The molecule has 0 saturated carbocycles. The SMILES string of the molecule is CC(C)Cc1ccc(C(O)C(N)CCN)s1. The zero-order chi connectivity index (χ0) is 12.1. The van der Waals surface area contributed by atoms with Crippen LogP contribution in [0.2, 0.25) is 0 Å². The Bertz CT molecular complexity index is 312. The first-order chi connectivity index (χ1) is 7.54. The number of aliphatic hydroxyl groups excluding tert-OH is 1. The predicted octanol–water partition coefficient (Wildman–Crippen LogP) is 1.66. The molecule has 0 spiro atoms. The smallest absolute Gasteiger partial charge is 0.103 e. The van der Waals surface area contributed by atoms with Crippen molar-refractivity contribution >= 4 is 11.3 Å². The van der Waals surface area contributed by atoms with Crippen molar-refractivity contribution in [3.05, 3.63) is 21.9 Å². The van der Waals surface area contributed by atoms with E-state index in [0.29, 0.717) is 18.9 Å². The summed E-state index contributed by atoms with van der Waals surface area (Å²) >= 11 is 1.65. The molecule has 0 aliphatic rings. The van der Waals surface area contributed by atoms with E-state index < -0.39 is 6.10 Å². The first kappa shape index (κ1) is 13.6. The third-order valence-electron chi connectivity index (χ3n) is 2.49. The summed E-state index contributed by atoms with van der Waals surface area (Å²) in [4.78, 5) is 2.26. The van der Waals surface area contributed by atoms with Crippen molar-refractivity contribution in [2.45, 2.75) is 38.8 Å². The molecule has 1 aromatic rings. The Hall–Kier alpha value is -0.420. The summed E-state index contributed by atoms with van der Waals surface area (Å²) in [7, 11) is 0. The van der Waals surface area contributed by atoms with Gasteiger partial charge in [0.1, 0.15) is 6.10 Å². The van der Waals surface area contributed by atoms with Crippen molar-refractivity contribution in [1.82, 2.24) is 0 Å². The van der Waals surface area contributed by atoms with Crippen LogP contribution in [0.5, 0.6) is 0 Å². The van der Waals surface area contributed by atoms with Gasteiger partial charge >= 0.3 is 0 Å². The van der Waals surface area contributed by atoms with Gasteiger partial charge in [-0.15, -0.1) is 11.3 Å². The Kier molecular flexibility index (Phi) is 5.41. The molecule has 0 aliphatic heterocycles. The second kappa shape index (κ2) is 6.35. The summed E-state index contributed by atoms with van der Waals surface area (Å²) in [6.07, 6.45) is 1.14. The van der Waals surface area contributed by atoms with Gasteiger partial charge in [0.05, 0.1) is 0 Å². The maximum Gasteiger partial charge on any atom is 0.103 e. The Balaban J connectivity index is 2.62. The first-order valence-corrected chi connectivity index (χ1v) is 6.58. The Labute approximate surface area is 101 Å². The summed E-state index contributed by atoms with van der Waals surface area (Å²) in [6.45, 7) is 4.90. The van der Waals surface area contributed by atoms with E-state index in [2.05, 4.69) is 19.9 Å². The van der Waals surface area contributed by atoms with Gasteiger partial charge < -0.3 is 16.6 Å². The maximum atomic E-state index is 10.00. The minimum absolute atomic E-state index is 0.254. The fourth-order valence-electron chi connectivity index (χ4n) is 1.63. The molecule has 2 atom stereocenters. The third kappa shape index (κ3) is 3.87. The van der Waals surface area contributed by atoms with Crippen LogP contribution in [0.4, 0.5) is 0 Å². The van der Waals surface area contributed by atoms with E-state index in [1.54, 1.807) is 11.3 Å². The first-order valence-electron chi connectivity index (χ1n) is 5.77. The minimum atomic E-state index is -0.575. The van der Waals surface area contributed by atoms with E-state index in [-0.39, 0.29) is 6.04 Å². The van der Waals surface area contributed by atoms with Gasteiger partial charge in [-0.1, -0.05) is 13.8 Å². The van der Waals surface area contributed by atoms with E-state index in [1.165, 1.54) is 4.88 Å². The molecule has 1 aromatic heterocycles. The average Bonchev–Trinajstić information content (AvgIpc) is 2.64. The van der Waals surface area contributed by atoms with Crippen LogP contribution in [-0.2, 0) is 6.42 Å². The molecule has 1 rings (SSSR count). The van der Waals surface area contributed by atoms with Gasteiger partial charge in [0.2, 0.25) is 0 Å². The molecule has 5 N–H and O–H groups in total. The van der Waals surface area contributed by atoms with Gasteiger partial charge in [0.15, 0.2) is 0 Å². The number of nitrogens with two attached hydrogens (primary N) is 2. The molecular weight excluding hydrogens is 220 g/mol. The lowest BCUT2D eigenvalue weighted by atomic mass is 10.1. The van der Waals surface area contributed by atoms with Crippen LogP contribution in [-0.4, -0.2) is 17.7 Å². The lowest BCUT2D eigenvalue weighted by Crippen LogP contribution is -2.30. The van der Waals surface area contributed by atoms with Crippen LogP contribution >= 0.6 is 11.3 Å². The Morgan fingerprint density at radius 1 is 1.38 bits per heavy atom. The van der Waals surface area contributed by atoms with Gasteiger partial charge in [-0.2, -0.15) is 0 Å². The molecule has 0 aliphatic carbocycles. The summed E-state index contributed by atoms with van der Waals surface area (Å²) < 4.78 is 0. The molecule has 92 valence electrons. The molecule has 3 nitrogen and oxygen atoms in total. The highest BCUT2D eigenvalue weighted by molar-refractivity contribution is 7.12. The fraction of sp³-hybridized carbons (Fsp3) is 0.667. The molecule has 1 heterocycles. The van der Waals surface area contributed by atoms with E-state index in [0.717, 1.165) is 11.3 Å². The molecule has 0 radical (unpaired) electrons. The fourth-order valence-corrected chi connectivity index (χ4v) is 2.91. The number of aliphatic hydroxyl groups is 1. The van der Waals surface area contributed by atoms with Crippen molar-refractivity contribution in [3.63, 3.8) is 0 Å². The second-order valence-corrected chi connectivity index (χ2v) is 5.79. The van der Waals surface area contributed by atoms with Crippen LogP contribution in [0.1, 0.15) is 36.1 Å². The van der Waals surface area contributed by atoms with Crippen molar-refractivity contribution in [3.8, 4) is 0 Å². The normalized spacial score (nSPS) is 15.4. The lowest BCUT2D eigenvalue weighted by molar-refractivity contribution is 0.147. The number of hydrogen-bond acceptors (Lipinski definition) is 4. The van der Waals surface area contributed by atoms with E-state index >= 15 is 0 Å². The molecule has 4 heteroatoms. The molecular formula is C12H22N2OS. The maximum absolute atomic E-state index is 10.00. The van der Waals surface area contributed by atoms with Gasteiger partial charge in [0.25, 0.3) is 0 Å². The zero-order valence-electron chi connectivity index (χ0n) is 10.0. The standard InChI is InChI=1S/C12H22N2OS/c1-8(2)7-9-3-4-11(16-9)12(15)10(14)5-6-13/h3-4,8,10,12,15H,5-7,13-14H2,1-2H3. The Morgan fingerprint density at radius 2 is 2.06 bits per heavy atom. The van der Waals surface area contributed by atoms with Crippen LogP contribution in [0.25, 0.3) is 0 Å². The third-order valence-corrected chi connectivity index (χ3v) is 3.67. The highest BCUT2D eigenvalue weighted by Gasteiger charge is 2.18. The zero-order valence-corrected chi connectivity index (χ0v) is 10.8. The minimum Gasteiger partial charge on any atom is -0.386 e. The molecule has 0 saturated heterocycles. The van der Waals surface area contributed by atoms with Crippen LogP contribution < -0.4 is 11.5 Å². The average molecular weight is 242 g/mol. The highest BCUT2D eigenvalue weighted by atomic mass is 32.1. The number of hydrogen-bond donors (Lipinski definition) is 3. The molecule has 0 bridgehead atoms. The quantitative estimate of drug-likeness (QED) is 0.710. The molecule has 16 heavy (non-hydrogen) atoms. The van der Waals surface area contributed by atoms with Crippen molar-refractivity contribution in [1.29, 1.82) is 0 Å². The van der Waals surface area contributed by atoms with Gasteiger partial charge in [-0.3, -0.25) is 0 Å². The van der Waals surface area contributed by atoms with Crippen LogP contribution in [0, 0.1) is 5.92 Å². The topological polar surface area (TPSA) is 72.3 Å². The summed E-state index contributed by atoms with van der Waals surface area (Å²) in [5, 5.41) is 10.00. The Morgan fingerprint density at radius 3 is 2.62 bits per heavy atom. The van der Waals surface area contributed by atoms with Crippen LogP contribution in [0.15, 0.2) is 12.1 Å². The van der Waals surface area contributed by atoms with Gasteiger partial charge in [-0.25, -0.2) is 0 Å². The molecule has 0 amide bonds.